The number of aryl methyl sites for hydroxylation is 3. The highest BCUT2D eigenvalue weighted by atomic mass is 16.4. The largest absolute Gasteiger partial charge is 0.481 e. The Morgan fingerprint density at radius 1 is 1.19 bits per heavy atom. The fourth-order valence-corrected chi connectivity index (χ4v) is 2.61. The van der Waals surface area contributed by atoms with Gasteiger partial charge in [0, 0.05) is 11.6 Å². The summed E-state index contributed by atoms with van der Waals surface area (Å²) in [6.07, 6.45) is 0.644. The van der Waals surface area contributed by atoms with Crippen molar-refractivity contribution in [2.75, 3.05) is 0 Å². The van der Waals surface area contributed by atoms with Crippen molar-refractivity contribution >= 4 is 11.8 Å². The smallest absolute Gasteiger partial charge is 0.305 e. The first-order chi connectivity index (χ1) is 9.76. The average molecular weight is 291 g/mol. The van der Waals surface area contributed by atoms with Crippen LogP contribution in [0.4, 0.5) is 0 Å². The van der Waals surface area contributed by atoms with Gasteiger partial charge in [-0.05, 0) is 45.2 Å². The molecule has 2 atom stereocenters. The second-order valence-corrected chi connectivity index (χ2v) is 5.76. The predicted molar refractivity (Wildman–Crippen MR) is 83.9 cm³/mol. The first-order valence-corrected chi connectivity index (χ1v) is 7.36. The number of carboxylic acids is 1. The van der Waals surface area contributed by atoms with Crippen LogP contribution in [0.15, 0.2) is 12.1 Å². The first-order valence-electron chi connectivity index (χ1n) is 7.36. The van der Waals surface area contributed by atoms with Gasteiger partial charge in [-0.25, -0.2) is 0 Å². The van der Waals surface area contributed by atoms with Crippen LogP contribution in [0.25, 0.3) is 0 Å². The number of aliphatic carboxylic acids is 1. The van der Waals surface area contributed by atoms with Crippen molar-refractivity contribution in [3.05, 3.63) is 34.4 Å². The number of nitrogens with one attached hydrogen (secondary N) is 1. The number of ketones is 1. The molecular formula is C17H25NO3. The Labute approximate surface area is 126 Å². The first kappa shape index (κ1) is 17.4. The van der Waals surface area contributed by atoms with E-state index in [1.807, 2.05) is 46.8 Å². The van der Waals surface area contributed by atoms with Crippen LogP contribution in [-0.4, -0.2) is 28.9 Å². The molecule has 0 aliphatic heterocycles. The Bertz CT molecular complexity index is 514. The molecule has 0 fully saturated rings. The van der Waals surface area contributed by atoms with Crippen LogP contribution in [0.1, 0.15) is 53.7 Å². The Morgan fingerprint density at radius 3 is 2.14 bits per heavy atom. The van der Waals surface area contributed by atoms with Gasteiger partial charge in [-0.2, -0.15) is 0 Å². The van der Waals surface area contributed by atoms with E-state index in [4.69, 9.17) is 5.11 Å². The average Bonchev–Trinajstić information content (AvgIpc) is 2.35. The van der Waals surface area contributed by atoms with Gasteiger partial charge in [0.05, 0.1) is 12.5 Å². The van der Waals surface area contributed by atoms with Crippen molar-refractivity contribution in [1.29, 1.82) is 0 Å². The fraction of sp³-hybridized carbons (Fsp3) is 0.529. The van der Waals surface area contributed by atoms with Crippen LogP contribution < -0.4 is 5.32 Å². The standard InChI is InChI=1S/C17H25NO3/c1-6-13(5)18-14(9-15(19)20)17(21)16-11(3)7-10(2)8-12(16)4/h7-8,13-14,18H,6,9H2,1-5H3,(H,19,20). The van der Waals surface area contributed by atoms with Crippen LogP contribution in [-0.2, 0) is 4.79 Å². The van der Waals surface area contributed by atoms with E-state index in [1.54, 1.807) is 0 Å². The topological polar surface area (TPSA) is 66.4 Å². The zero-order chi connectivity index (χ0) is 16.2. The number of Topliss-reactive ketones (excluding diaryl/α,β-unsaturated/α-hetero) is 1. The summed E-state index contributed by atoms with van der Waals surface area (Å²) in [4.78, 5) is 23.8. The molecule has 0 saturated heterocycles. The minimum Gasteiger partial charge on any atom is -0.481 e. The molecule has 0 aliphatic carbocycles. The highest BCUT2D eigenvalue weighted by Crippen LogP contribution is 2.19. The van der Waals surface area contributed by atoms with Crippen LogP contribution >= 0.6 is 0 Å². The lowest BCUT2D eigenvalue weighted by molar-refractivity contribution is -0.137. The summed E-state index contributed by atoms with van der Waals surface area (Å²) in [5, 5.41) is 12.2. The summed E-state index contributed by atoms with van der Waals surface area (Å²) in [7, 11) is 0. The van der Waals surface area contributed by atoms with Crippen molar-refractivity contribution < 1.29 is 14.7 Å². The molecule has 0 saturated carbocycles. The van der Waals surface area contributed by atoms with E-state index < -0.39 is 12.0 Å². The maximum atomic E-state index is 12.8. The Balaban J connectivity index is 3.13. The van der Waals surface area contributed by atoms with Crippen LogP contribution in [0.5, 0.6) is 0 Å². The third-order valence-electron chi connectivity index (χ3n) is 3.72. The molecule has 0 heterocycles. The van der Waals surface area contributed by atoms with E-state index in [-0.39, 0.29) is 18.2 Å². The molecule has 2 N–H and O–H groups in total. The normalized spacial score (nSPS) is 13.8. The Morgan fingerprint density at radius 2 is 1.71 bits per heavy atom. The van der Waals surface area contributed by atoms with Gasteiger partial charge < -0.3 is 10.4 Å². The summed E-state index contributed by atoms with van der Waals surface area (Å²) in [6.45, 7) is 9.74. The monoisotopic (exact) mass is 291 g/mol. The quantitative estimate of drug-likeness (QED) is 0.758. The lowest BCUT2D eigenvalue weighted by Crippen LogP contribution is -2.43. The molecule has 0 spiro atoms. The van der Waals surface area contributed by atoms with E-state index in [0.717, 1.165) is 23.1 Å². The molecule has 1 aromatic carbocycles. The van der Waals surface area contributed by atoms with E-state index in [1.165, 1.54) is 0 Å². The molecule has 1 aromatic rings. The highest BCUT2D eigenvalue weighted by Gasteiger charge is 2.26. The number of carbonyl (C=O) groups is 2. The van der Waals surface area contributed by atoms with Crippen molar-refractivity contribution in [2.24, 2.45) is 0 Å². The summed E-state index contributed by atoms with van der Waals surface area (Å²) >= 11 is 0. The van der Waals surface area contributed by atoms with Gasteiger partial charge in [0.15, 0.2) is 5.78 Å². The second kappa shape index (κ2) is 7.36. The van der Waals surface area contributed by atoms with E-state index in [0.29, 0.717) is 5.56 Å². The minimum atomic E-state index is -0.966. The van der Waals surface area contributed by atoms with Crippen molar-refractivity contribution in [2.45, 2.75) is 59.5 Å². The van der Waals surface area contributed by atoms with Crippen molar-refractivity contribution in [1.82, 2.24) is 5.32 Å². The fourth-order valence-electron chi connectivity index (χ4n) is 2.61. The van der Waals surface area contributed by atoms with Gasteiger partial charge in [0.2, 0.25) is 0 Å². The molecular weight excluding hydrogens is 266 g/mol. The zero-order valence-electron chi connectivity index (χ0n) is 13.5. The maximum Gasteiger partial charge on any atom is 0.305 e. The number of benzene rings is 1. The summed E-state index contributed by atoms with van der Waals surface area (Å²) < 4.78 is 0. The third-order valence-corrected chi connectivity index (χ3v) is 3.72. The molecule has 0 radical (unpaired) electrons. The van der Waals surface area contributed by atoms with Crippen molar-refractivity contribution in [3.8, 4) is 0 Å². The molecule has 2 unspecified atom stereocenters. The van der Waals surface area contributed by atoms with Crippen LogP contribution in [0.3, 0.4) is 0 Å². The van der Waals surface area contributed by atoms with Crippen LogP contribution in [0.2, 0.25) is 0 Å². The second-order valence-electron chi connectivity index (χ2n) is 5.76. The molecule has 4 nitrogen and oxygen atoms in total. The van der Waals surface area contributed by atoms with Gasteiger partial charge >= 0.3 is 5.97 Å². The molecule has 21 heavy (non-hydrogen) atoms. The summed E-state index contributed by atoms with van der Waals surface area (Å²) in [5.41, 5.74) is 3.55. The molecule has 0 amide bonds. The lowest BCUT2D eigenvalue weighted by Gasteiger charge is -2.22. The summed E-state index contributed by atoms with van der Waals surface area (Å²) in [6, 6.07) is 3.34. The van der Waals surface area contributed by atoms with Gasteiger partial charge in [0.25, 0.3) is 0 Å². The molecule has 4 heteroatoms. The number of rotatable bonds is 7. The minimum absolute atomic E-state index is 0.101. The Kier molecular flexibility index (Phi) is 6.09. The number of hydrogen-bond acceptors (Lipinski definition) is 3. The summed E-state index contributed by atoms with van der Waals surface area (Å²) in [5.74, 6) is -1.10. The van der Waals surface area contributed by atoms with Gasteiger partial charge in [-0.1, -0.05) is 24.6 Å². The van der Waals surface area contributed by atoms with E-state index in [9.17, 15) is 9.59 Å². The van der Waals surface area contributed by atoms with Gasteiger partial charge in [-0.3, -0.25) is 9.59 Å². The van der Waals surface area contributed by atoms with Crippen molar-refractivity contribution in [3.63, 3.8) is 0 Å². The zero-order valence-corrected chi connectivity index (χ0v) is 13.5. The van der Waals surface area contributed by atoms with E-state index in [2.05, 4.69) is 5.32 Å². The molecule has 1 rings (SSSR count). The molecule has 0 aromatic heterocycles. The van der Waals surface area contributed by atoms with Crippen LogP contribution in [0, 0.1) is 20.8 Å². The molecule has 0 aliphatic rings. The maximum absolute atomic E-state index is 12.8. The lowest BCUT2D eigenvalue weighted by atomic mass is 9.91. The third kappa shape index (κ3) is 4.67. The van der Waals surface area contributed by atoms with Gasteiger partial charge in [-0.15, -0.1) is 0 Å². The molecule has 0 bridgehead atoms. The predicted octanol–water partition coefficient (Wildman–Crippen LogP) is 3.03. The SMILES string of the molecule is CCC(C)NC(CC(=O)O)C(=O)c1c(C)cc(C)cc1C. The highest BCUT2D eigenvalue weighted by molar-refractivity contribution is 6.04. The number of carbonyl (C=O) groups excluding carboxylic acids is 1. The number of carboxylic acid groups (broad SMARTS) is 1. The number of hydrogen-bond donors (Lipinski definition) is 2. The Hall–Kier alpha value is -1.68. The van der Waals surface area contributed by atoms with E-state index >= 15 is 0 Å². The van der Waals surface area contributed by atoms with Gasteiger partial charge in [0.1, 0.15) is 0 Å². The molecule has 116 valence electrons.